The molecule has 5 heteroatoms. The van der Waals surface area contributed by atoms with Crippen molar-refractivity contribution in [2.24, 2.45) is 0 Å². The Bertz CT molecular complexity index is 875. The number of carbonyl (C=O) groups excluding carboxylic acids is 2. The summed E-state index contributed by atoms with van der Waals surface area (Å²) in [7, 11) is 0. The van der Waals surface area contributed by atoms with Gasteiger partial charge in [0.2, 0.25) is 5.91 Å². The van der Waals surface area contributed by atoms with Crippen molar-refractivity contribution in [2.75, 3.05) is 6.54 Å². The van der Waals surface area contributed by atoms with Crippen LogP contribution in [0.5, 0.6) is 0 Å². The molecule has 1 atom stereocenters. The van der Waals surface area contributed by atoms with Crippen LogP contribution < -0.4 is 5.32 Å². The van der Waals surface area contributed by atoms with Crippen LogP contribution in [0.2, 0.25) is 0 Å². The molecule has 1 spiro atoms. The summed E-state index contributed by atoms with van der Waals surface area (Å²) in [4.78, 5) is 33.3. The van der Waals surface area contributed by atoms with Gasteiger partial charge in [0, 0.05) is 18.3 Å². The number of benzene rings is 1. The van der Waals surface area contributed by atoms with Crippen LogP contribution >= 0.6 is 0 Å². The zero-order valence-corrected chi connectivity index (χ0v) is 17.1. The van der Waals surface area contributed by atoms with E-state index in [1.165, 1.54) is 0 Å². The summed E-state index contributed by atoms with van der Waals surface area (Å²) in [6.45, 7) is 3.26. The second-order valence-electron chi connectivity index (χ2n) is 8.18. The number of carbonyl (C=O) groups is 2. The number of hydrogen-bond donors (Lipinski definition) is 1. The van der Waals surface area contributed by atoms with Crippen LogP contribution in [0.15, 0.2) is 48.7 Å². The van der Waals surface area contributed by atoms with Gasteiger partial charge >= 0.3 is 0 Å². The van der Waals surface area contributed by atoms with Gasteiger partial charge in [0.25, 0.3) is 5.91 Å². The van der Waals surface area contributed by atoms with Gasteiger partial charge < -0.3 is 10.2 Å². The third-order valence-electron chi connectivity index (χ3n) is 6.46. The zero-order valence-electron chi connectivity index (χ0n) is 17.1. The number of hydrogen-bond acceptors (Lipinski definition) is 3. The fraction of sp³-hybridized carbons (Fsp3) is 0.458. The van der Waals surface area contributed by atoms with E-state index in [4.69, 9.17) is 0 Å². The van der Waals surface area contributed by atoms with Crippen LogP contribution in [0.4, 0.5) is 0 Å². The maximum absolute atomic E-state index is 13.5. The van der Waals surface area contributed by atoms with Gasteiger partial charge in [-0.25, -0.2) is 0 Å². The molecule has 1 aliphatic heterocycles. The molecular weight excluding hydrogens is 362 g/mol. The minimum atomic E-state index is -0.408. The zero-order chi connectivity index (χ0) is 20.3. The number of nitrogens with one attached hydrogen (secondary N) is 1. The van der Waals surface area contributed by atoms with Crippen molar-refractivity contribution in [1.82, 2.24) is 15.2 Å². The average molecular weight is 392 g/mol. The van der Waals surface area contributed by atoms with Gasteiger partial charge in [-0.3, -0.25) is 14.6 Å². The molecule has 4 rings (SSSR count). The minimum absolute atomic E-state index is 0.000925. The van der Waals surface area contributed by atoms with E-state index in [1.54, 1.807) is 6.20 Å². The normalized spacial score (nSPS) is 20.0. The van der Waals surface area contributed by atoms with Crippen molar-refractivity contribution in [1.29, 1.82) is 0 Å². The number of amides is 2. The molecule has 2 heterocycles. The van der Waals surface area contributed by atoms with Crippen LogP contribution in [-0.4, -0.2) is 33.8 Å². The first-order valence-corrected chi connectivity index (χ1v) is 10.8. The molecule has 0 unspecified atom stereocenters. The quantitative estimate of drug-likeness (QED) is 0.808. The Morgan fingerprint density at radius 3 is 2.66 bits per heavy atom. The smallest absolute Gasteiger partial charge is 0.254 e. The molecule has 0 bridgehead atoms. The molecule has 1 aromatic heterocycles. The van der Waals surface area contributed by atoms with Gasteiger partial charge in [0.1, 0.15) is 0 Å². The van der Waals surface area contributed by atoms with E-state index in [2.05, 4.69) is 17.2 Å². The second-order valence-corrected chi connectivity index (χ2v) is 8.18. The number of fused-ring (bicyclic) bond motifs is 1. The lowest BCUT2D eigenvalue weighted by molar-refractivity contribution is -0.126. The van der Waals surface area contributed by atoms with E-state index in [0.29, 0.717) is 18.7 Å². The number of pyridine rings is 1. The lowest BCUT2D eigenvalue weighted by atomic mass is 9.71. The highest BCUT2D eigenvalue weighted by molar-refractivity contribution is 6.02. The molecule has 1 aromatic carbocycles. The lowest BCUT2D eigenvalue weighted by Gasteiger charge is -2.50. The topological polar surface area (TPSA) is 62.3 Å². The molecule has 5 nitrogen and oxygen atoms in total. The summed E-state index contributed by atoms with van der Waals surface area (Å²) in [5.74, 6) is -0.247. The summed E-state index contributed by atoms with van der Waals surface area (Å²) in [5.41, 5.74) is 1.99. The summed E-state index contributed by atoms with van der Waals surface area (Å²) in [6, 6.07) is 13.4. The molecule has 0 radical (unpaired) electrons. The fourth-order valence-corrected chi connectivity index (χ4v) is 5.09. The van der Waals surface area contributed by atoms with Gasteiger partial charge in [-0.15, -0.1) is 0 Å². The van der Waals surface area contributed by atoms with Crippen LogP contribution in [0.3, 0.4) is 0 Å². The summed E-state index contributed by atoms with van der Waals surface area (Å²) < 4.78 is 0. The monoisotopic (exact) mass is 391 g/mol. The Morgan fingerprint density at radius 2 is 1.93 bits per heavy atom. The number of aromatic nitrogens is 1. The molecule has 29 heavy (non-hydrogen) atoms. The van der Waals surface area contributed by atoms with E-state index >= 15 is 0 Å². The van der Waals surface area contributed by atoms with Crippen molar-refractivity contribution in [3.8, 4) is 0 Å². The van der Waals surface area contributed by atoms with Gasteiger partial charge in [0.15, 0.2) is 0 Å². The van der Waals surface area contributed by atoms with Gasteiger partial charge in [-0.1, -0.05) is 50.5 Å². The van der Waals surface area contributed by atoms with Crippen molar-refractivity contribution in [3.05, 3.63) is 65.5 Å². The third kappa shape index (κ3) is 3.54. The Morgan fingerprint density at radius 1 is 1.17 bits per heavy atom. The Balaban J connectivity index is 1.71. The Kier molecular flexibility index (Phi) is 5.65. The standard InChI is InChI=1S/C24H29N3O2/c1-2-3-16-27-23(29)20-12-5-4-11-19(20)21(24(27)13-7-8-14-24)22(28)26-17-18-10-6-9-15-25-18/h4-6,9-12,15,21H,2-3,7-8,13-14,16-17H2,1H3,(H,26,28)/t21-/m1/s1. The van der Waals surface area contributed by atoms with Crippen molar-refractivity contribution in [2.45, 2.75) is 63.5 Å². The lowest BCUT2D eigenvalue weighted by Crippen LogP contribution is -2.60. The SMILES string of the molecule is CCCCN1C(=O)c2ccccc2[C@H](C(=O)NCc2ccccn2)C12CCCC2. The predicted octanol–water partition coefficient (Wildman–Crippen LogP) is 4.05. The maximum atomic E-state index is 13.5. The highest BCUT2D eigenvalue weighted by Crippen LogP contribution is 2.50. The molecule has 2 aliphatic rings. The first-order valence-electron chi connectivity index (χ1n) is 10.8. The molecule has 1 N–H and O–H groups in total. The highest BCUT2D eigenvalue weighted by atomic mass is 16.2. The number of rotatable bonds is 6. The summed E-state index contributed by atoms with van der Waals surface area (Å²) in [5, 5.41) is 3.11. The van der Waals surface area contributed by atoms with Crippen LogP contribution in [-0.2, 0) is 11.3 Å². The van der Waals surface area contributed by atoms with E-state index < -0.39 is 5.54 Å². The summed E-state index contributed by atoms with van der Waals surface area (Å²) in [6.07, 6.45) is 7.61. The molecule has 2 amide bonds. The molecular formula is C24H29N3O2. The van der Waals surface area contributed by atoms with Crippen molar-refractivity contribution < 1.29 is 9.59 Å². The molecule has 1 fully saturated rings. The Labute approximate surface area is 172 Å². The number of unbranched alkanes of at least 4 members (excludes halogenated alkanes) is 1. The van der Waals surface area contributed by atoms with E-state index in [9.17, 15) is 9.59 Å². The van der Waals surface area contributed by atoms with Gasteiger partial charge in [0.05, 0.1) is 23.7 Å². The fourth-order valence-electron chi connectivity index (χ4n) is 5.09. The third-order valence-corrected chi connectivity index (χ3v) is 6.46. The van der Waals surface area contributed by atoms with Gasteiger partial charge in [-0.05, 0) is 43.0 Å². The first kappa shape index (κ1) is 19.6. The first-order chi connectivity index (χ1) is 14.2. The minimum Gasteiger partial charge on any atom is -0.350 e. The van der Waals surface area contributed by atoms with E-state index in [-0.39, 0.29) is 17.7 Å². The van der Waals surface area contributed by atoms with Crippen LogP contribution in [0.1, 0.15) is 73.0 Å². The van der Waals surface area contributed by atoms with Crippen LogP contribution in [0.25, 0.3) is 0 Å². The summed E-state index contributed by atoms with van der Waals surface area (Å²) >= 11 is 0. The number of nitrogens with zero attached hydrogens (tertiary/aromatic N) is 2. The van der Waals surface area contributed by atoms with E-state index in [0.717, 1.165) is 49.8 Å². The van der Waals surface area contributed by atoms with Gasteiger partial charge in [-0.2, -0.15) is 0 Å². The second kappa shape index (κ2) is 8.36. The average Bonchev–Trinajstić information content (AvgIpc) is 3.23. The molecule has 1 saturated carbocycles. The van der Waals surface area contributed by atoms with E-state index in [1.807, 2.05) is 47.4 Å². The molecule has 1 aliphatic carbocycles. The molecule has 0 saturated heterocycles. The largest absolute Gasteiger partial charge is 0.350 e. The van der Waals surface area contributed by atoms with Crippen LogP contribution in [0, 0.1) is 0 Å². The predicted molar refractivity (Wildman–Crippen MR) is 112 cm³/mol. The van der Waals surface area contributed by atoms with Crippen molar-refractivity contribution >= 4 is 11.8 Å². The Hall–Kier alpha value is -2.69. The molecule has 2 aromatic rings. The molecule has 152 valence electrons. The highest BCUT2D eigenvalue weighted by Gasteiger charge is 2.55. The van der Waals surface area contributed by atoms with Crippen molar-refractivity contribution in [3.63, 3.8) is 0 Å². The maximum Gasteiger partial charge on any atom is 0.254 e.